The van der Waals surface area contributed by atoms with Gasteiger partial charge in [-0.25, -0.2) is 4.79 Å². The fraction of sp³-hybridized carbons (Fsp3) is 0.333. The van der Waals surface area contributed by atoms with Crippen LogP contribution in [0.1, 0.15) is 50.7 Å². The number of nitrogens with one attached hydrogen (secondary N) is 1. The Morgan fingerprint density at radius 1 is 1.28 bits per heavy atom. The number of halogens is 2. The lowest BCUT2D eigenvalue weighted by Crippen LogP contribution is -2.16. The second kappa shape index (κ2) is 8.26. The summed E-state index contributed by atoms with van der Waals surface area (Å²) in [5.74, 6) is -0.177. The quantitative estimate of drug-likeness (QED) is 0.428. The van der Waals surface area contributed by atoms with Crippen molar-refractivity contribution in [2.75, 3.05) is 11.9 Å². The number of fused-ring (bicyclic) bond motifs is 2. The molecule has 1 aliphatic carbocycles. The minimum Gasteiger partial charge on any atom is -0.462 e. The number of hydrogen-bond acceptors (Lipinski definition) is 5. The average Bonchev–Trinajstić information content (AvgIpc) is 3.19. The highest BCUT2D eigenvalue weighted by molar-refractivity contribution is 7.22. The van der Waals surface area contributed by atoms with Gasteiger partial charge in [-0.15, -0.1) is 22.7 Å². The molecule has 0 unspecified atom stereocenters. The first kappa shape index (κ1) is 20.7. The van der Waals surface area contributed by atoms with Gasteiger partial charge in [0, 0.05) is 15.0 Å². The Kier molecular flexibility index (Phi) is 5.89. The average molecular weight is 468 g/mol. The first-order valence-corrected chi connectivity index (χ1v) is 11.8. The number of esters is 1. The van der Waals surface area contributed by atoms with E-state index in [0.29, 0.717) is 36.8 Å². The lowest BCUT2D eigenvalue weighted by Gasteiger charge is -2.18. The molecule has 8 heteroatoms. The Bertz CT molecular complexity index is 1120. The van der Waals surface area contributed by atoms with Crippen molar-refractivity contribution in [3.63, 3.8) is 0 Å². The standard InChI is InChI=1S/C21H19Cl2NO3S2/c1-3-27-21(26)15-11-8-7-10(2)9-14(11)29-20(15)24-19(25)18-17(23)16-12(22)5-4-6-13(16)28-18/h4-6,10H,3,7-9H2,1-2H3,(H,24,25)/t10-/m0/s1. The van der Waals surface area contributed by atoms with Gasteiger partial charge in [0.2, 0.25) is 0 Å². The Morgan fingerprint density at radius 2 is 2.07 bits per heavy atom. The van der Waals surface area contributed by atoms with Gasteiger partial charge in [-0.3, -0.25) is 4.79 Å². The van der Waals surface area contributed by atoms with Gasteiger partial charge in [0.25, 0.3) is 5.91 Å². The van der Waals surface area contributed by atoms with E-state index in [-0.39, 0.29) is 18.5 Å². The number of carbonyl (C=O) groups is 2. The molecule has 29 heavy (non-hydrogen) atoms. The molecule has 2 aromatic heterocycles. The van der Waals surface area contributed by atoms with Crippen LogP contribution in [0.3, 0.4) is 0 Å². The van der Waals surface area contributed by atoms with Crippen LogP contribution >= 0.6 is 45.9 Å². The molecule has 1 atom stereocenters. The fourth-order valence-corrected chi connectivity index (χ4v) is 6.88. The van der Waals surface area contributed by atoms with Crippen molar-refractivity contribution >= 4 is 72.8 Å². The number of ether oxygens (including phenoxy) is 1. The summed E-state index contributed by atoms with van der Waals surface area (Å²) in [5, 5.41) is 4.98. The highest BCUT2D eigenvalue weighted by atomic mass is 35.5. The monoisotopic (exact) mass is 467 g/mol. The number of thiophene rings is 2. The van der Waals surface area contributed by atoms with Crippen LogP contribution in [0.5, 0.6) is 0 Å². The van der Waals surface area contributed by atoms with Crippen LogP contribution in [-0.4, -0.2) is 18.5 Å². The van der Waals surface area contributed by atoms with Gasteiger partial charge in [-0.2, -0.15) is 0 Å². The molecule has 0 radical (unpaired) electrons. The van der Waals surface area contributed by atoms with Crippen molar-refractivity contribution in [1.29, 1.82) is 0 Å². The molecule has 1 aliphatic rings. The SMILES string of the molecule is CCOC(=O)c1c(NC(=O)c2sc3cccc(Cl)c3c2Cl)sc2c1CC[C@H](C)C2. The normalized spacial score (nSPS) is 15.9. The first-order chi connectivity index (χ1) is 13.9. The molecule has 2 heterocycles. The molecule has 4 rings (SSSR count). The van der Waals surface area contributed by atoms with Gasteiger partial charge in [-0.05, 0) is 49.8 Å². The van der Waals surface area contributed by atoms with Crippen molar-refractivity contribution in [2.24, 2.45) is 5.92 Å². The molecule has 152 valence electrons. The third kappa shape index (κ3) is 3.79. The lowest BCUT2D eigenvalue weighted by atomic mass is 9.88. The Hall–Kier alpha value is -1.60. The molecule has 0 spiro atoms. The maximum absolute atomic E-state index is 13.1. The zero-order valence-corrected chi connectivity index (χ0v) is 19.1. The van der Waals surface area contributed by atoms with Crippen molar-refractivity contribution < 1.29 is 14.3 Å². The summed E-state index contributed by atoms with van der Waals surface area (Å²) >= 11 is 15.5. The van der Waals surface area contributed by atoms with Gasteiger partial charge < -0.3 is 10.1 Å². The van der Waals surface area contributed by atoms with Gasteiger partial charge in [0.05, 0.1) is 22.2 Å². The number of anilines is 1. The zero-order chi connectivity index (χ0) is 20.7. The minimum absolute atomic E-state index is 0.286. The fourth-order valence-electron chi connectivity index (χ4n) is 3.63. The van der Waals surface area contributed by atoms with Crippen LogP contribution in [-0.2, 0) is 17.6 Å². The topological polar surface area (TPSA) is 55.4 Å². The summed E-state index contributed by atoms with van der Waals surface area (Å²) in [6.07, 6.45) is 2.74. The third-order valence-electron chi connectivity index (χ3n) is 5.03. The zero-order valence-electron chi connectivity index (χ0n) is 15.9. The summed E-state index contributed by atoms with van der Waals surface area (Å²) < 4.78 is 6.12. The maximum Gasteiger partial charge on any atom is 0.341 e. The van der Waals surface area contributed by atoms with Gasteiger partial charge in [0.15, 0.2) is 0 Å². The molecule has 0 saturated carbocycles. The summed E-state index contributed by atoms with van der Waals surface area (Å²) in [5.41, 5.74) is 1.50. The van der Waals surface area contributed by atoms with Crippen LogP contribution in [0.25, 0.3) is 10.1 Å². The summed E-state index contributed by atoms with van der Waals surface area (Å²) in [6, 6.07) is 5.45. The van der Waals surface area contributed by atoms with E-state index in [1.54, 1.807) is 13.0 Å². The van der Waals surface area contributed by atoms with E-state index in [0.717, 1.165) is 34.4 Å². The number of amides is 1. The molecule has 0 fully saturated rings. The minimum atomic E-state index is -0.389. The summed E-state index contributed by atoms with van der Waals surface area (Å²) in [4.78, 5) is 27.2. The van der Waals surface area contributed by atoms with Crippen LogP contribution in [0.4, 0.5) is 5.00 Å². The molecule has 0 saturated heterocycles. The predicted molar refractivity (Wildman–Crippen MR) is 121 cm³/mol. The van der Waals surface area contributed by atoms with E-state index in [1.165, 1.54) is 22.7 Å². The van der Waals surface area contributed by atoms with Crippen LogP contribution in [0.2, 0.25) is 10.0 Å². The molecular formula is C21H19Cl2NO3S2. The molecular weight excluding hydrogens is 449 g/mol. The molecule has 1 aromatic carbocycles. The van der Waals surface area contributed by atoms with E-state index in [2.05, 4.69) is 12.2 Å². The Morgan fingerprint density at radius 3 is 2.79 bits per heavy atom. The number of carbonyl (C=O) groups excluding carboxylic acids is 2. The second-order valence-corrected chi connectivity index (χ2v) is 10.0. The molecule has 0 aliphatic heterocycles. The largest absolute Gasteiger partial charge is 0.462 e. The predicted octanol–water partition coefficient (Wildman–Crippen LogP) is 6.82. The molecule has 1 N–H and O–H groups in total. The highest BCUT2D eigenvalue weighted by Gasteiger charge is 2.30. The van der Waals surface area contributed by atoms with E-state index in [4.69, 9.17) is 27.9 Å². The van der Waals surface area contributed by atoms with E-state index < -0.39 is 0 Å². The van der Waals surface area contributed by atoms with Gasteiger partial charge >= 0.3 is 5.97 Å². The van der Waals surface area contributed by atoms with Crippen LogP contribution in [0, 0.1) is 5.92 Å². The Labute approximate surface area is 186 Å². The third-order valence-corrected chi connectivity index (χ3v) is 8.16. The van der Waals surface area contributed by atoms with Crippen molar-refractivity contribution in [3.05, 3.63) is 49.1 Å². The molecule has 4 nitrogen and oxygen atoms in total. The van der Waals surface area contributed by atoms with Gasteiger partial charge in [-0.1, -0.05) is 36.2 Å². The summed E-state index contributed by atoms with van der Waals surface area (Å²) in [6.45, 7) is 4.26. The second-order valence-electron chi connectivity index (χ2n) is 7.09. The van der Waals surface area contributed by atoms with Gasteiger partial charge in [0.1, 0.15) is 9.88 Å². The number of rotatable bonds is 4. The summed E-state index contributed by atoms with van der Waals surface area (Å²) in [7, 11) is 0. The first-order valence-electron chi connectivity index (χ1n) is 9.40. The lowest BCUT2D eigenvalue weighted by molar-refractivity contribution is 0.0526. The van der Waals surface area contributed by atoms with Crippen molar-refractivity contribution in [3.8, 4) is 0 Å². The smallest absolute Gasteiger partial charge is 0.341 e. The highest BCUT2D eigenvalue weighted by Crippen LogP contribution is 2.42. The van der Waals surface area contributed by atoms with E-state index in [1.807, 2.05) is 12.1 Å². The van der Waals surface area contributed by atoms with E-state index >= 15 is 0 Å². The number of benzene rings is 1. The molecule has 0 bridgehead atoms. The van der Waals surface area contributed by atoms with Crippen molar-refractivity contribution in [1.82, 2.24) is 0 Å². The number of hydrogen-bond donors (Lipinski definition) is 1. The maximum atomic E-state index is 13.1. The molecule has 3 aromatic rings. The Balaban J connectivity index is 1.72. The van der Waals surface area contributed by atoms with Crippen molar-refractivity contribution in [2.45, 2.75) is 33.1 Å². The molecule has 1 amide bonds. The van der Waals surface area contributed by atoms with Crippen LogP contribution in [0.15, 0.2) is 18.2 Å². The van der Waals surface area contributed by atoms with Crippen LogP contribution < -0.4 is 5.32 Å². The van der Waals surface area contributed by atoms with E-state index in [9.17, 15) is 9.59 Å².